The van der Waals surface area contributed by atoms with Crippen molar-refractivity contribution in [3.8, 4) is 11.5 Å². The number of phosphoric acid groups is 1. The van der Waals surface area contributed by atoms with Crippen LogP contribution < -0.4 is 9.05 Å². The van der Waals surface area contributed by atoms with E-state index in [1.54, 1.807) is 13.0 Å². The van der Waals surface area contributed by atoms with E-state index in [9.17, 15) is 4.57 Å². The van der Waals surface area contributed by atoms with E-state index >= 15 is 0 Å². The van der Waals surface area contributed by atoms with Crippen molar-refractivity contribution in [2.45, 2.75) is 6.92 Å². The maximum atomic E-state index is 12.0. The molecule has 0 saturated carbocycles. The molecule has 17 heavy (non-hydrogen) atoms. The Bertz CT molecular complexity index is 623. The van der Waals surface area contributed by atoms with Crippen LogP contribution in [0.25, 0.3) is 10.8 Å². The van der Waals surface area contributed by atoms with Crippen LogP contribution in [0.4, 0.5) is 0 Å². The van der Waals surface area contributed by atoms with Gasteiger partial charge in [-0.25, -0.2) is 4.57 Å². The quantitative estimate of drug-likeness (QED) is 0.761. The third kappa shape index (κ3) is 1.70. The van der Waals surface area contributed by atoms with Gasteiger partial charge in [0.2, 0.25) is 0 Å². The average Bonchev–Trinajstić information content (AvgIpc) is 2.66. The molecule has 2 aromatic rings. The molecule has 1 heterocycles. The van der Waals surface area contributed by atoms with Gasteiger partial charge in [0.25, 0.3) is 0 Å². The van der Waals surface area contributed by atoms with E-state index in [-0.39, 0.29) is 6.61 Å². The van der Waals surface area contributed by atoms with Crippen LogP contribution in [-0.4, -0.2) is 6.61 Å². The Morgan fingerprint density at radius 3 is 2.82 bits per heavy atom. The first-order valence-electron chi connectivity index (χ1n) is 5.37. The van der Waals surface area contributed by atoms with Gasteiger partial charge in [0.1, 0.15) is 0 Å². The fraction of sp³-hybridized carbons (Fsp3) is 0.167. The first-order valence-corrected chi connectivity index (χ1v) is 6.83. The third-order valence-corrected chi connectivity index (χ3v) is 3.94. The smallest absolute Gasteiger partial charge is 0.391 e. The minimum Gasteiger partial charge on any atom is -0.391 e. The maximum absolute atomic E-state index is 12.0. The highest BCUT2D eigenvalue weighted by Crippen LogP contribution is 2.60. The molecule has 0 amide bonds. The predicted octanol–water partition coefficient (Wildman–Crippen LogP) is 3.76. The number of hydrogen-bond acceptors (Lipinski definition) is 4. The summed E-state index contributed by atoms with van der Waals surface area (Å²) in [6.07, 6.45) is 0. The first kappa shape index (κ1) is 10.6. The lowest BCUT2D eigenvalue weighted by Crippen LogP contribution is -1.96. The second kappa shape index (κ2) is 3.76. The molecule has 88 valence electrons. The number of benzene rings is 2. The van der Waals surface area contributed by atoms with Crippen molar-refractivity contribution in [1.29, 1.82) is 0 Å². The zero-order chi connectivity index (χ0) is 11.9. The fourth-order valence-corrected chi connectivity index (χ4v) is 3.11. The summed E-state index contributed by atoms with van der Waals surface area (Å²) in [6, 6.07) is 11.3. The van der Waals surface area contributed by atoms with Crippen LogP contribution in [0, 0.1) is 0 Å². The maximum Gasteiger partial charge on any atom is 0.587 e. The van der Waals surface area contributed by atoms with Crippen molar-refractivity contribution in [2.75, 3.05) is 6.61 Å². The summed E-state index contributed by atoms with van der Waals surface area (Å²) in [7, 11) is -3.46. The second-order valence-electron chi connectivity index (χ2n) is 3.66. The van der Waals surface area contributed by atoms with Crippen molar-refractivity contribution in [3.05, 3.63) is 36.4 Å². The minimum absolute atomic E-state index is 0.281. The van der Waals surface area contributed by atoms with Gasteiger partial charge >= 0.3 is 7.82 Å². The fourth-order valence-electron chi connectivity index (χ4n) is 1.85. The molecule has 0 fully saturated rings. The Labute approximate surface area is 98.7 Å². The van der Waals surface area contributed by atoms with Gasteiger partial charge in [-0.15, -0.1) is 0 Å². The molecule has 0 spiro atoms. The summed E-state index contributed by atoms with van der Waals surface area (Å²) in [4.78, 5) is 0. The van der Waals surface area contributed by atoms with Crippen LogP contribution in [0.15, 0.2) is 36.4 Å². The Morgan fingerprint density at radius 2 is 2.00 bits per heavy atom. The van der Waals surface area contributed by atoms with Gasteiger partial charge in [-0.3, -0.25) is 4.52 Å². The molecule has 2 aromatic carbocycles. The van der Waals surface area contributed by atoms with Crippen LogP contribution in [0.3, 0.4) is 0 Å². The topological polar surface area (TPSA) is 44.8 Å². The van der Waals surface area contributed by atoms with Gasteiger partial charge in [-0.2, -0.15) is 0 Å². The number of rotatable bonds is 2. The number of fused-ring (bicyclic) bond motifs is 3. The predicted molar refractivity (Wildman–Crippen MR) is 64.4 cm³/mol. The molecule has 1 aliphatic heterocycles. The molecule has 0 aromatic heterocycles. The molecule has 0 aliphatic carbocycles. The van der Waals surface area contributed by atoms with Crippen molar-refractivity contribution in [2.24, 2.45) is 0 Å². The summed E-state index contributed by atoms with van der Waals surface area (Å²) in [5, 5.41) is 1.89. The Balaban J connectivity index is 2.14. The summed E-state index contributed by atoms with van der Waals surface area (Å²) in [5.74, 6) is 0.973. The van der Waals surface area contributed by atoms with E-state index in [0.29, 0.717) is 11.5 Å². The zero-order valence-corrected chi connectivity index (χ0v) is 10.1. The minimum atomic E-state index is -3.46. The van der Waals surface area contributed by atoms with Gasteiger partial charge < -0.3 is 9.05 Å². The molecule has 0 N–H and O–H groups in total. The number of phosphoric ester groups is 1. The highest BCUT2D eigenvalue weighted by Gasteiger charge is 2.39. The van der Waals surface area contributed by atoms with Crippen LogP contribution in [0.5, 0.6) is 11.5 Å². The van der Waals surface area contributed by atoms with Crippen molar-refractivity contribution < 1.29 is 18.1 Å². The molecular weight excluding hydrogens is 239 g/mol. The van der Waals surface area contributed by atoms with Crippen LogP contribution in [0.1, 0.15) is 6.92 Å². The standard InChI is InChI=1S/C12H11O4P/c1-2-14-17(13)15-11-8-7-9-5-3-4-6-10(9)12(11)16-17/h3-8H,2H2,1H3. The van der Waals surface area contributed by atoms with Gasteiger partial charge in [-0.05, 0) is 18.4 Å². The van der Waals surface area contributed by atoms with E-state index in [4.69, 9.17) is 13.6 Å². The van der Waals surface area contributed by atoms with Gasteiger partial charge in [0.15, 0.2) is 11.5 Å². The monoisotopic (exact) mass is 250 g/mol. The molecular formula is C12H11O4P. The van der Waals surface area contributed by atoms with E-state index in [1.165, 1.54) is 0 Å². The van der Waals surface area contributed by atoms with Crippen molar-refractivity contribution in [3.63, 3.8) is 0 Å². The van der Waals surface area contributed by atoms with Gasteiger partial charge in [0, 0.05) is 5.39 Å². The van der Waals surface area contributed by atoms with Gasteiger partial charge in [-0.1, -0.05) is 30.3 Å². The average molecular weight is 250 g/mol. The molecule has 0 bridgehead atoms. The molecule has 1 atom stereocenters. The van der Waals surface area contributed by atoms with Crippen LogP contribution in [0.2, 0.25) is 0 Å². The largest absolute Gasteiger partial charge is 0.587 e. The zero-order valence-electron chi connectivity index (χ0n) is 9.25. The van der Waals surface area contributed by atoms with Crippen LogP contribution in [-0.2, 0) is 9.09 Å². The highest BCUT2D eigenvalue weighted by molar-refractivity contribution is 7.49. The molecule has 0 saturated heterocycles. The molecule has 3 rings (SSSR count). The molecule has 1 aliphatic rings. The van der Waals surface area contributed by atoms with Crippen LogP contribution >= 0.6 is 7.82 Å². The Kier molecular flexibility index (Phi) is 2.35. The third-order valence-electron chi connectivity index (χ3n) is 2.54. The SMILES string of the molecule is CCOP1(=O)Oc2ccc3ccccc3c2O1. The Hall–Kier alpha value is -1.51. The molecule has 0 radical (unpaired) electrons. The lowest BCUT2D eigenvalue weighted by Gasteiger charge is -2.07. The Morgan fingerprint density at radius 1 is 1.18 bits per heavy atom. The summed E-state index contributed by atoms with van der Waals surface area (Å²) >= 11 is 0. The molecule has 4 nitrogen and oxygen atoms in total. The van der Waals surface area contributed by atoms with E-state index in [2.05, 4.69) is 0 Å². The lowest BCUT2D eigenvalue weighted by molar-refractivity contribution is 0.240. The normalized spacial score (nSPS) is 21.9. The van der Waals surface area contributed by atoms with Crippen molar-refractivity contribution in [1.82, 2.24) is 0 Å². The van der Waals surface area contributed by atoms with Gasteiger partial charge in [0.05, 0.1) is 6.61 Å². The molecule has 1 unspecified atom stereocenters. The second-order valence-corrected chi connectivity index (χ2v) is 5.18. The number of hydrogen-bond donors (Lipinski definition) is 0. The van der Waals surface area contributed by atoms with E-state index in [1.807, 2.05) is 30.3 Å². The summed E-state index contributed by atoms with van der Waals surface area (Å²) in [6.45, 7) is 2.02. The summed E-state index contributed by atoms with van der Waals surface area (Å²) in [5.41, 5.74) is 0. The van der Waals surface area contributed by atoms with Crippen molar-refractivity contribution >= 4 is 18.6 Å². The summed E-state index contributed by atoms with van der Waals surface area (Å²) < 4.78 is 27.7. The molecule has 5 heteroatoms. The lowest BCUT2D eigenvalue weighted by atomic mass is 10.1. The van der Waals surface area contributed by atoms with E-state index in [0.717, 1.165) is 10.8 Å². The van der Waals surface area contributed by atoms with E-state index < -0.39 is 7.82 Å². The first-order chi connectivity index (χ1) is 8.22. The highest BCUT2D eigenvalue weighted by atomic mass is 31.2.